The Labute approximate surface area is 148 Å². The lowest BCUT2D eigenvalue weighted by Gasteiger charge is -2.43. The van der Waals surface area contributed by atoms with Gasteiger partial charge in [-0.15, -0.1) is 0 Å². The molecule has 25 heavy (non-hydrogen) atoms. The topological polar surface area (TPSA) is 75.3 Å². The normalized spacial score (nSPS) is 20.5. The molecule has 134 valence electrons. The third-order valence-electron chi connectivity index (χ3n) is 5.37. The van der Waals surface area contributed by atoms with Crippen molar-refractivity contribution in [2.75, 3.05) is 32.0 Å². The molecule has 0 amide bonds. The summed E-state index contributed by atoms with van der Waals surface area (Å²) in [5, 5.41) is 7.30. The summed E-state index contributed by atoms with van der Waals surface area (Å²) in [6.45, 7) is 2.96. The summed E-state index contributed by atoms with van der Waals surface area (Å²) in [7, 11) is -3.22. The second-order valence-electron chi connectivity index (χ2n) is 6.84. The Kier molecular flexibility index (Phi) is 4.39. The van der Waals surface area contributed by atoms with Gasteiger partial charge < -0.3 is 9.64 Å². The maximum atomic E-state index is 12.4. The summed E-state index contributed by atoms with van der Waals surface area (Å²) in [5.74, 6) is 0.153. The molecule has 3 heterocycles. The summed E-state index contributed by atoms with van der Waals surface area (Å²) in [6.07, 6.45) is 4.55. The quantitative estimate of drug-likeness (QED) is 0.898. The van der Waals surface area contributed by atoms with E-state index in [9.17, 15) is 8.42 Å². The van der Waals surface area contributed by atoms with Crippen molar-refractivity contribution in [1.82, 2.24) is 15.1 Å². The van der Waals surface area contributed by atoms with Crippen LogP contribution in [0.5, 0.6) is 0 Å². The molecular weight excluding hydrogens is 338 g/mol. The van der Waals surface area contributed by atoms with Crippen LogP contribution < -0.4 is 0 Å². The van der Waals surface area contributed by atoms with Crippen molar-refractivity contribution in [3.05, 3.63) is 47.8 Å². The van der Waals surface area contributed by atoms with Crippen molar-refractivity contribution < 1.29 is 13.2 Å². The molecule has 0 atom stereocenters. The maximum absolute atomic E-state index is 12.4. The summed E-state index contributed by atoms with van der Waals surface area (Å²) >= 11 is 0. The number of benzene rings is 1. The second kappa shape index (κ2) is 6.55. The molecule has 1 spiro atoms. The molecule has 4 rings (SSSR count). The van der Waals surface area contributed by atoms with Gasteiger partial charge in [0.25, 0.3) is 0 Å². The van der Waals surface area contributed by atoms with Crippen LogP contribution in [0.25, 0.3) is 0 Å². The molecule has 2 aliphatic rings. The molecule has 1 aromatic carbocycles. The van der Waals surface area contributed by atoms with Crippen LogP contribution in [0.1, 0.15) is 24.1 Å². The van der Waals surface area contributed by atoms with E-state index >= 15 is 0 Å². The number of hydrogen-bond donors (Lipinski definition) is 1. The van der Waals surface area contributed by atoms with Gasteiger partial charge in [0.05, 0.1) is 29.1 Å². The Morgan fingerprint density at radius 3 is 2.72 bits per heavy atom. The summed E-state index contributed by atoms with van der Waals surface area (Å²) in [6, 6.07) is 8.68. The number of nitrogens with one attached hydrogen (secondary N) is 1. The number of hydrogen-bond acceptors (Lipinski definition) is 5. The highest BCUT2D eigenvalue weighted by molar-refractivity contribution is 7.91. The molecule has 0 saturated carbocycles. The zero-order chi connectivity index (χ0) is 17.3. The van der Waals surface area contributed by atoms with Gasteiger partial charge in [0.1, 0.15) is 5.60 Å². The lowest BCUT2D eigenvalue weighted by molar-refractivity contribution is -0.0999. The van der Waals surface area contributed by atoms with Gasteiger partial charge in [-0.1, -0.05) is 18.2 Å². The molecule has 0 unspecified atom stereocenters. The average Bonchev–Trinajstić information content (AvgIpc) is 3.13. The first-order valence-electron chi connectivity index (χ1n) is 8.76. The van der Waals surface area contributed by atoms with Gasteiger partial charge in [0.15, 0.2) is 9.84 Å². The van der Waals surface area contributed by atoms with E-state index in [1.54, 1.807) is 24.3 Å². The second-order valence-corrected chi connectivity index (χ2v) is 8.95. The molecule has 2 aromatic rings. The first-order valence-corrected chi connectivity index (χ1v) is 10.4. The number of H-pyrrole nitrogens is 1. The minimum atomic E-state index is -3.22. The van der Waals surface area contributed by atoms with Crippen molar-refractivity contribution >= 4 is 9.84 Å². The number of piperidine rings is 1. The molecule has 7 heteroatoms. The molecule has 0 aliphatic carbocycles. The highest BCUT2D eigenvalue weighted by Crippen LogP contribution is 2.40. The molecule has 0 bridgehead atoms. The zero-order valence-electron chi connectivity index (χ0n) is 14.1. The van der Waals surface area contributed by atoms with Crippen LogP contribution in [0, 0.1) is 0 Å². The van der Waals surface area contributed by atoms with Gasteiger partial charge in [0.2, 0.25) is 0 Å². The van der Waals surface area contributed by atoms with Gasteiger partial charge in [-0.2, -0.15) is 5.10 Å². The van der Waals surface area contributed by atoms with Crippen LogP contribution in [-0.2, 0) is 26.6 Å². The van der Waals surface area contributed by atoms with E-state index in [-0.39, 0.29) is 11.4 Å². The van der Waals surface area contributed by atoms with Crippen molar-refractivity contribution in [3.63, 3.8) is 0 Å². The predicted molar refractivity (Wildman–Crippen MR) is 94.1 cm³/mol. The average molecular weight is 361 g/mol. The van der Waals surface area contributed by atoms with Gasteiger partial charge in [0, 0.05) is 19.6 Å². The molecule has 1 aromatic heterocycles. The number of ether oxygens (including phenoxy) is 1. The highest BCUT2D eigenvalue weighted by Gasteiger charge is 2.42. The minimum absolute atomic E-state index is 0.153. The first kappa shape index (κ1) is 16.8. The maximum Gasteiger partial charge on any atom is 0.179 e. The van der Waals surface area contributed by atoms with Crippen molar-refractivity contribution in [1.29, 1.82) is 0 Å². The Hall–Kier alpha value is -1.70. The lowest BCUT2D eigenvalue weighted by atomic mass is 9.84. The fraction of sp³-hybridized carbons (Fsp3) is 0.500. The van der Waals surface area contributed by atoms with E-state index < -0.39 is 9.84 Å². The smallest absolute Gasteiger partial charge is 0.179 e. The Morgan fingerprint density at radius 2 is 1.96 bits per heavy atom. The minimum Gasteiger partial charge on any atom is -0.368 e. The van der Waals surface area contributed by atoms with E-state index in [2.05, 4.69) is 15.1 Å². The highest BCUT2D eigenvalue weighted by atomic mass is 32.2. The fourth-order valence-corrected chi connectivity index (χ4v) is 5.16. The monoisotopic (exact) mass is 361 g/mol. The van der Waals surface area contributed by atoms with Gasteiger partial charge in [-0.05, 0) is 37.0 Å². The fourth-order valence-electron chi connectivity index (χ4n) is 3.85. The number of sulfone groups is 1. The number of rotatable bonds is 4. The number of fused-ring (bicyclic) bond motifs is 2. The number of aromatic nitrogens is 2. The molecular formula is C18H23N3O3S. The van der Waals surface area contributed by atoms with Crippen LogP contribution >= 0.6 is 0 Å². The Balaban J connectivity index is 1.38. The molecule has 1 N–H and O–H groups in total. The van der Waals surface area contributed by atoms with Crippen LogP contribution in [-0.4, -0.2) is 55.5 Å². The molecule has 2 aliphatic heterocycles. The van der Waals surface area contributed by atoms with E-state index in [0.29, 0.717) is 11.4 Å². The Morgan fingerprint density at radius 1 is 1.20 bits per heavy atom. The van der Waals surface area contributed by atoms with E-state index in [0.717, 1.165) is 44.7 Å². The standard InChI is InChI=1S/C18H23N3O3S/c22-25(23,16-4-2-1-3-5-16)13-11-21-9-7-18(8-10-21)17-15(6-12-24-18)14-19-20-17/h1-5,14H,6-13H2,(H,19,20). The molecule has 1 saturated heterocycles. The summed E-state index contributed by atoms with van der Waals surface area (Å²) < 4.78 is 31.0. The number of likely N-dealkylation sites (tertiary alicyclic amines) is 1. The number of nitrogens with zero attached hydrogens (tertiary/aromatic N) is 2. The van der Waals surface area contributed by atoms with E-state index in [1.165, 1.54) is 5.56 Å². The van der Waals surface area contributed by atoms with Gasteiger partial charge in [-0.3, -0.25) is 5.10 Å². The summed E-state index contributed by atoms with van der Waals surface area (Å²) in [5.41, 5.74) is 2.11. The molecule has 1 fully saturated rings. The SMILES string of the molecule is O=S(=O)(CCN1CCC2(CC1)OCCc1cn[nH]c12)c1ccccc1. The van der Waals surface area contributed by atoms with Crippen molar-refractivity contribution in [2.45, 2.75) is 29.8 Å². The molecule has 0 radical (unpaired) electrons. The largest absolute Gasteiger partial charge is 0.368 e. The van der Waals surface area contributed by atoms with E-state index in [4.69, 9.17) is 4.74 Å². The van der Waals surface area contributed by atoms with Crippen LogP contribution in [0.2, 0.25) is 0 Å². The lowest BCUT2D eigenvalue weighted by Crippen LogP contribution is -2.47. The third kappa shape index (κ3) is 3.23. The Bertz CT molecular complexity index is 824. The van der Waals surface area contributed by atoms with Crippen LogP contribution in [0.4, 0.5) is 0 Å². The van der Waals surface area contributed by atoms with Crippen molar-refractivity contribution in [2.24, 2.45) is 0 Å². The predicted octanol–water partition coefficient (Wildman–Crippen LogP) is 1.75. The van der Waals surface area contributed by atoms with Crippen LogP contribution in [0.15, 0.2) is 41.4 Å². The number of aromatic amines is 1. The van der Waals surface area contributed by atoms with Gasteiger partial charge >= 0.3 is 0 Å². The first-order chi connectivity index (χ1) is 12.1. The zero-order valence-corrected chi connectivity index (χ0v) is 15.0. The third-order valence-corrected chi connectivity index (χ3v) is 7.08. The van der Waals surface area contributed by atoms with Gasteiger partial charge in [-0.25, -0.2) is 8.42 Å². The van der Waals surface area contributed by atoms with E-state index in [1.807, 2.05) is 12.3 Å². The van der Waals surface area contributed by atoms with Crippen LogP contribution in [0.3, 0.4) is 0 Å². The molecule has 6 nitrogen and oxygen atoms in total. The van der Waals surface area contributed by atoms with Crippen molar-refractivity contribution in [3.8, 4) is 0 Å². The summed E-state index contributed by atoms with van der Waals surface area (Å²) in [4.78, 5) is 2.63.